The van der Waals surface area contributed by atoms with E-state index in [0.29, 0.717) is 35.1 Å². The van der Waals surface area contributed by atoms with Crippen LogP contribution >= 0.6 is 0 Å². The summed E-state index contributed by atoms with van der Waals surface area (Å²) in [6.45, 7) is 3.59. The first-order valence-corrected chi connectivity index (χ1v) is 10.3. The zero-order valence-electron chi connectivity index (χ0n) is 18.1. The van der Waals surface area contributed by atoms with Gasteiger partial charge < -0.3 is 19.7 Å². The molecular weight excluding hydrogens is 408 g/mol. The number of benzene rings is 2. The normalized spacial score (nSPS) is 11.8. The molecular formula is C26H26O6. The Morgan fingerprint density at radius 2 is 1.06 bits per heavy atom. The van der Waals surface area contributed by atoms with Crippen LogP contribution in [-0.4, -0.2) is 47.6 Å². The largest absolute Gasteiger partial charge is 0.462 e. The Kier molecular flexibility index (Phi) is 10.0. The lowest BCUT2D eigenvalue weighted by molar-refractivity contribution is 0.0432. The van der Waals surface area contributed by atoms with Crippen LogP contribution in [0.15, 0.2) is 48.5 Å². The number of aliphatic hydroxyl groups excluding tert-OH is 2. The smallest absolute Gasteiger partial charge is 0.338 e. The second-order valence-electron chi connectivity index (χ2n) is 7.02. The summed E-state index contributed by atoms with van der Waals surface area (Å²) < 4.78 is 10.4. The molecule has 2 N–H and O–H groups in total. The van der Waals surface area contributed by atoms with Crippen LogP contribution in [-0.2, 0) is 9.47 Å². The van der Waals surface area contributed by atoms with Crippen LogP contribution in [0.3, 0.4) is 0 Å². The van der Waals surface area contributed by atoms with Crippen molar-refractivity contribution in [1.82, 2.24) is 0 Å². The fourth-order valence-electron chi connectivity index (χ4n) is 2.46. The zero-order chi connectivity index (χ0) is 23.3. The van der Waals surface area contributed by atoms with E-state index in [1.54, 1.807) is 62.4 Å². The third-order valence-electron chi connectivity index (χ3n) is 4.10. The van der Waals surface area contributed by atoms with Crippen molar-refractivity contribution < 1.29 is 29.3 Å². The average Bonchev–Trinajstić information content (AvgIpc) is 2.78. The highest BCUT2D eigenvalue weighted by Crippen LogP contribution is 2.08. The molecule has 0 aromatic heterocycles. The molecule has 0 fully saturated rings. The lowest BCUT2D eigenvalue weighted by Crippen LogP contribution is -2.09. The van der Waals surface area contributed by atoms with E-state index in [9.17, 15) is 9.59 Å². The summed E-state index contributed by atoms with van der Waals surface area (Å²) in [4.78, 5) is 24.1. The lowest BCUT2D eigenvalue weighted by Gasteiger charge is -2.06. The first kappa shape index (κ1) is 24.7. The van der Waals surface area contributed by atoms with Crippen LogP contribution in [0, 0.1) is 23.7 Å². The molecule has 0 saturated heterocycles. The maximum absolute atomic E-state index is 12.1. The van der Waals surface area contributed by atoms with Gasteiger partial charge in [-0.3, -0.25) is 0 Å². The number of hydrogen-bond acceptors (Lipinski definition) is 6. The molecule has 2 aromatic rings. The quantitative estimate of drug-likeness (QED) is 0.395. The Morgan fingerprint density at radius 1 is 0.719 bits per heavy atom. The van der Waals surface area contributed by atoms with Crippen molar-refractivity contribution in [1.29, 1.82) is 0 Å². The van der Waals surface area contributed by atoms with Crippen molar-refractivity contribution in [3.05, 3.63) is 70.8 Å². The third-order valence-corrected chi connectivity index (χ3v) is 4.10. The lowest BCUT2D eigenvalue weighted by atomic mass is 10.1. The van der Waals surface area contributed by atoms with E-state index in [-0.39, 0.29) is 13.2 Å². The van der Waals surface area contributed by atoms with E-state index < -0.39 is 24.1 Å². The standard InChI is InChI=1S/C26H26O6/c1-19(27)5-7-21-9-13-23(14-10-21)25(29)31-17-3-4-18-32-26(30)24-15-11-22(12-16-24)8-6-20(2)28/h9-16,19-20,27-28H,3-4,17-18H2,1-2H3. The van der Waals surface area contributed by atoms with Crippen LogP contribution in [0.1, 0.15) is 58.5 Å². The zero-order valence-corrected chi connectivity index (χ0v) is 18.1. The van der Waals surface area contributed by atoms with Gasteiger partial charge in [0.2, 0.25) is 0 Å². The van der Waals surface area contributed by atoms with Gasteiger partial charge in [-0.2, -0.15) is 0 Å². The summed E-state index contributed by atoms with van der Waals surface area (Å²) >= 11 is 0. The molecule has 0 radical (unpaired) electrons. The number of esters is 2. The van der Waals surface area contributed by atoms with Gasteiger partial charge in [0, 0.05) is 11.1 Å². The molecule has 0 bridgehead atoms. The number of carbonyl (C=O) groups is 2. The van der Waals surface area contributed by atoms with Crippen molar-refractivity contribution in [3.63, 3.8) is 0 Å². The van der Waals surface area contributed by atoms with Crippen molar-refractivity contribution in [2.24, 2.45) is 0 Å². The SMILES string of the molecule is CC(O)C#Cc1ccc(C(=O)OCCCCOC(=O)c2ccc(C#CC(C)O)cc2)cc1. The molecule has 166 valence electrons. The molecule has 2 aromatic carbocycles. The van der Waals surface area contributed by atoms with Gasteiger partial charge in [-0.25, -0.2) is 9.59 Å². The fourth-order valence-corrected chi connectivity index (χ4v) is 2.46. The molecule has 0 amide bonds. The minimum absolute atomic E-state index is 0.219. The third kappa shape index (κ3) is 9.06. The van der Waals surface area contributed by atoms with Crippen LogP contribution in [0.4, 0.5) is 0 Å². The maximum atomic E-state index is 12.1. The van der Waals surface area contributed by atoms with Crippen molar-refractivity contribution in [2.45, 2.75) is 38.9 Å². The first-order valence-electron chi connectivity index (χ1n) is 10.3. The molecule has 32 heavy (non-hydrogen) atoms. The predicted molar refractivity (Wildman–Crippen MR) is 120 cm³/mol. The van der Waals surface area contributed by atoms with Crippen molar-refractivity contribution in [2.75, 3.05) is 13.2 Å². The van der Waals surface area contributed by atoms with E-state index in [1.807, 2.05) is 0 Å². The first-order chi connectivity index (χ1) is 15.3. The predicted octanol–water partition coefficient (Wildman–Crippen LogP) is 2.95. The van der Waals surface area contributed by atoms with Crippen LogP contribution in [0.5, 0.6) is 0 Å². The van der Waals surface area contributed by atoms with Gasteiger partial charge in [0.25, 0.3) is 0 Å². The van der Waals surface area contributed by atoms with Crippen molar-refractivity contribution in [3.8, 4) is 23.7 Å². The average molecular weight is 434 g/mol. The van der Waals surface area contributed by atoms with Gasteiger partial charge in [-0.15, -0.1) is 0 Å². The number of hydrogen-bond donors (Lipinski definition) is 2. The molecule has 0 spiro atoms. The van der Waals surface area contributed by atoms with E-state index >= 15 is 0 Å². The highest BCUT2D eigenvalue weighted by molar-refractivity contribution is 5.90. The van der Waals surface area contributed by atoms with Crippen LogP contribution in [0.25, 0.3) is 0 Å². The molecule has 2 atom stereocenters. The van der Waals surface area contributed by atoms with E-state index in [2.05, 4.69) is 23.7 Å². The Hall–Kier alpha value is -3.58. The molecule has 6 heteroatoms. The van der Waals surface area contributed by atoms with E-state index in [1.165, 1.54) is 0 Å². The van der Waals surface area contributed by atoms with Crippen LogP contribution in [0.2, 0.25) is 0 Å². The molecule has 2 rings (SSSR count). The second-order valence-corrected chi connectivity index (χ2v) is 7.02. The summed E-state index contributed by atoms with van der Waals surface area (Å²) in [6, 6.07) is 13.3. The van der Waals surface area contributed by atoms with Crippen molar-refractivity contribution >= 4 is 11.9 Å². The molecule has 0 saturated carbocycles. The number of ether oxygens (including phenoxy) is 2. The van der Waals surface area contributed by atoms with Gasteiger partial charge in [-0.1, -0.05) is 23.7 Å². The van der Waals surface area contributed by atoms with Gasteiger partial charge in [0.05, 0.1) is 24.3 Å². The molecule has 0 aliphatic carbocycles. The molecule has 0 aliphatic heterocycles. The number of aliphatic hydroxyl groups is 2. The van der Waals surface area contributed by atoms with Gasteiger partial charge in [0.1, 0.15) is 12.2 Å². The monoisotopic (exact) mass is 434 g/mol. The molecule has 0 aliphatic rings. The van der Waals surface area contributed by atoms with E-state index in [0.717, 1.165) is 0 Å². The summed E-state index contributed by atoms with van der Waals surface area (Å²) in [6.07, 6.45) is -0.295. The molecule has 6 nitrogen and oxygen atoms in total. The summed E-state index contributed by atoms with van der Waals surface area (Å²) in [5.74, 6) is 10.0. The minimum Gasteiger partial charge on any atom is -0.462 e. The van der Waals surface area contributed by atoms with Crippen LogP contribution < -0.4 is 0 Å². The van der Waals surface area contributed by atoms with Gasteiger partial charge in [0.15, 0.2) is 0 Å². The topological polar surface area (TPSA) is 93.1 Å². The fraction of sp³-hybridized carbons (Fsp3) is 0.308. The van der Waals surface area contributed by atoms with E-state index in [4.69, 9.17) is 19.7 Å². The number of carbonyl (C=O) groups excluding carboxylic acids is 2. The highest BCUT2D eigenvalue weighted by Gasteiger charge is 2.08. The number of unbranched alkanes of at least 4 members (excludes halogenated alkanes) is 1. The number of rotatable bonds is 7. The molecule has 0 heterocycles. The Balaban J connectivity index is 1.66. The Bertz CT molecular complexity index is 927. The summed E-state index contributed by atoms with van der Waals surface area (Å²) in [5.41, 5.74) is 2.24. The highest BCUT2D eigenvalue weighted by atomic mass is 16.5. The summed E-state index contributed by atoms with van der Waals surface area (Å²) in [5, 5.41) is 18.3. The Morgan fingerprint density at radius 3 is 1.38 bits per heavy atom. The second kappa shape index (κ2) is 13.0. The Labute approximate surface area is 188 Å². The summed E-state index contributed by atoms with van der Waals surface area (Å²) in [7, 11) is 0. The maximum Gasteiger partial charge on any atom is 0.338 e. The van der Waals surface area contributed by atoms with Gasteiger partial charge >= 0.3 is 11.9 Å². The molecule has 2 unspecified atom stereocenters. The van der Waals surface area contributed by atoms with Gasteiger partial charge in [-0.05, 0) is 75.2 Å². The minimum atomic E-state index is -0.708.